The first-order chi connectivity index (χ1) is 14.3. The maximum absolute atomic E-state index is 5.60. The molecule has 4 rings (SSSR count). The van der Waals surface area contributed by atoms with Gasteiger partial charge in [0.15, 0.2) is 5.96 Å². The molecule has 1 aliphatic carbocycles. The number of ether oxygens (including phenoxy) is 1. The molecule has 2 fully saturated rings. The lowest BCUT2D eigenvalue weighted by Gasteiger charge is -2.36. The van der Waals surface area contributed by atoms with Crippen LogP contribution < -0.4 is 15.4 Å². The Bertz CT molecular complexity index is 682. The lowest BCUT2D eigenvalue weighted by molar-refractivity contribution is 0.160. The predicted molar refractivity (Wildman–Crippen MR) is 135 cm³/mol. The van der Waals surface area contributed by atoms with Gasteiger partial charge in [-0.25, -0.2) is 0 Å². The van der Waals surface area contributed by atoms with Gasteiger partial charge in [-0.2, -0.15) is 0 Å². The topological polar surface area (TPSA) is 48.9 Å². The van der Waals surface area contributed by atoms with Gasteiger partial charge in [-0.05, 0) is 55.2 Å². The minimum Gasteiger partial charge on any atom is -0.493 e. The lowest BCUT2D eigenvalue weighted by Crippen LogP contribution is -2.49. The van der Waals surface area contributed by atoms with E-state index >= 15 is 0 Å². The highest BCUT2D eigenvalue weighted by Crippen LogP contribution is 2.26. The van der Waals surface area contributed by atoms with Crippen LogP contribution in [-0.2, 0) is 12.8 Å². The number of halogens is 1. The summed E-state index contributed by atoms with van der Waals surface area (Å²) in [5.74, 6) is 2.96. The van der Waals surface area contributed by atoms with Crippen molar-refractivity contribution in [3.63, 3.8) is 0 Å². The SMILES string of the molecule is CN=C(NCCc1ccc2c(c1)CCO2)NC1CCN(CC2CCCCC2)CC1.I. The molecule has 5 nitrogen and oxygen atoms in total. The van der Waals surface area contributed by atoms with Crippen molar-refractivity contribution < 1.29 is 4.74 Å². The summed E-state index contributed by atoms with van der Waals surface area (Å²) in [6.07, 6.45) is 11.7. The molecule has 0 unspecified atom stereocenters. The number of nitrogens with zero attached hydrogens (tertiary/aromatic N) is 2. The number of benzene rings is 1. The molecule has 168 valence electrons. The summed E-state index contributed by atoms with van der Waals surface area (Å²) in [4.78, 5) is 7.14. The lowest BCUT2D eigenvalue weighted by atomic mass is 9.88. The predicted octanol–water partition coefficient (Wildman–Crippen LogP) is 3.99. The average Bonchev–Trinajstić information content (AvgIpc) is 3.23. The minimum atomic E-state index is 0. The Balaban J connectivity index is 0.00000256. The van der Waals surface area contributed by atoms with Gasteiger partial charge in [0.25, 0.3) is 0 Å². The Morgan fingerprint density at radius 2 is 1.93 bits per heavy atom. The Morgan fingerprint density at radius 1 is 1.13 bits per heavy atom. The number of guanidine groups is 1. The summed E-state index contributed by atoms with van der Waals surface area (Å²) in [6.45, 7) is 5.50. The van der Waals surface area contributed by atoms with Gasteiger partial charge in [-0.3, -0.25) is 4.99 Å². The third kappa shape index (κ3) is 6.74. The van der Waals surface area contributed by atoms with Crippen molar-refractivity contribution in [2.45, 2.75) is 63.8 Å². The van der Waals surface area contributed by atoms with E-state index in [4.69, 9.17) is 4.74 Å². The van der Waals surface area contributed by atoms with Crippen molar-refractivity contribution in [3.05, 3.63) is 29.3 Å². The van der Waals surface area contributed by atoms with Gasteiger partial charge < -0.3 is 20.3 Å². The molecular formula is C24H39IN4O. The summed E-state index contributed by atoms with van der Waals surface area (Å²) in [6, 6.07) is 7.14. The zero-order valence-electron chi connectivity index (χ0n) is 18.5. The Kier molecular flexibility index (Phi) is 9.56. The summed E-state index contributed by atoms with van der Waals surface area (Å²) in [5, 5.41) is 7.15. The van der Waals surface area contributed by atoms with Gasteiger partial charge in [-0.15, -0.1) is 24.0 Å². The number of piperidine rings is 1. The van der Waals surface area contributed by atoms with Crippen LogP contribution in [0, 0.1) is 5.92 Å². The fraction of sp³-hybridized carbons (Fsp3) is 0.708. The fourth-order valence-electron chi connectivity index (χ4n) is 5.10. The van der Waals surface area contributed by atoms with Crippen LogP contribution in [0.2, 0.25) is 0 Å². The smallest absolute Gasteiger partial charge is 0.191 e. The molecule has 2 N–H and O–H groups in total. The second kappa shape index (κ2) is 12.1. The highest BCUT2D eigenvalue weighted by atomic mass is 127. The molecule has 0 radical (unpaired) electrons. The van der Waals surface area contributed by atoms with E-state index in [1.165, 1.54) is 75.7 Å². The van der Waals surface area contributed by atoms with Crippen LogP contribution in [0.3, 0.4) is 0 Å². The molecule has 1 aromatic carbocycles. The molecule has 6 heteroatoms. The molecule has 1 aromatic rings. The highest BCUT2D eigenvalue weighted by molar-refractivity contribution is 14.0. The molecule has 3 aliphatic rings. The maximum atomic E-state index is 5.60. The van der Waals surface area contributed by atoms with Crippen LogP contribution in [0.5, 0.6) is 5.75 Å². The number of nitrogens with one attached hydrogen (secondary N) is 2. The van der Waals surface area contributed by atoms with Crippen molar-refractivity contribution in [1.82, 2.24) is 15.5 Å². The quantitative estimate of drug-likeness (QED) is 0.335. The number of aliphatic imine (C=N–C) groups is 1. The van der Waals surface area contributed by atoms with E-state index in [1.54, 1.807) is 0 Å². The van der Waals surface area contributed by atoms with Gasteiger partial charge in [0, 0.05) is 45.7 Å². The molecule has 0 bridgehead atoms. The van der Waals surface area contributed by atoms with Crippen LogP contribution in [0.1, 0.15) is 56.1 Å². The minimum absolute atomic E-state index is 0. The van der Waals surface area contributed by atoms with Crippen LogP contribution in [-0.4, -0.2) is 56.7 Å². The molecular weight excluding hydrogens is 487 g/mol. The van der Waals surface area contributed by atoms with Gasteiger partial charge in [0.05, 0.1) is 6.61 Å². The van der Waals surface area contributed by atoms with Crippen LogP contribution in [0.4, 0.5) is 0 Å². The standard InChI is InChI=1S/C24H38N4O.HI/c1-25-24(26-13-9-19-7-8-23-21(17-19)12-16-29-23)27-22-10-14-28(15-11-22)18-20-5-3-2-4-6-20;/h7-8,17,20,22H,2-6,9-16,18H2,1H3,(H2,25,26,27);1H. The molecule has 0 atom stereocenters. The van der Waals surface area contributed by atoms with Gasteiger partial charge in [-0.1, -0.05) is 31.4 Å². The second-order valence-electron chi connectivity index (χ2n) is 9.01. The normalized spacial score (nSPS) is 20.9. The zero-order valence-corrected chi connectivity index (χ0v) is 20.8. The molecule has 0 spiro atoms. The fourth-order valence-corrected chi connectivity index (χ4v) is 5.10. The number of rotatable bonds is 6. The number of fused-ring (bicyclic) bond motifs is 1. The van der Waals surface area contributed by atoms with E-state index < -0.39 is 0 Å². The molecule has 0 amide bonds. The van der Waals surface area contributed by atoms with E-state index in [1.807, 2.05) is 7.05 Å². The molecule has 2 aliphatic heterocycles. The van der Waals surface area contributed by atoms with E-state index in [-0.39, 0.29) is 24.0 Å². The summed E-state index contributed by atoms with van der Waals surface area (Å²) in [5.41, 5.74) is 2.72. The Morgan fingerprint density at radius 3 is 2.70 bits per heavy atom. The molecule has 1 saturated carbocycles. The highest BCUT2D eigenvalue weighted by Gasteiger charge is 2.23. The summed E-state index contributed by atoms with van der Waals surface area (Å²) >= 11 is 0. The Hall–Kier alpha value is -1.02. The van der Waals surface area contributed by atoms with Crippen molar-refractivity contribution in [2.24, 2.45) is 10.9 Å². The van der Waals surface area contributed by atoms with E-state index in [2.05, 4.69) is 38.7 Å². The number of hydrogen-bond donors (Lipinski definition) is 2. The first-order valence-corrected chi connectivity index (χ1v) is 11.7. The zero-order chi connectivity index (χ0) is 19.9. The molecule has 1 saturated heterocycles. The maximum Gasteiger partial charge on any atom is 0.191 e. The van der Waals surface area contributed by atoms with Crippen LogP contribution >= 0.6 is 24.0 Å². The summed E-state index contributed by atoms with van der Waals surface area (Å²) in [7, 11) is 1.88. The van der Waals surface area contributed by atoms with Gasteiger partial charge >= 0.3 is 0 Å². The summed E-state index contributed by atoms with van der Waals surface area (Å²) < 4.78 is 5.60. The van der Waals surface area contributed by atoms with Crippen LogP contribution in [0.25, 0.3) is 0 Å². The van der Waals surface area contributed by atoms with E-state index in [0.29, 0.717) is 6.04 Å². The molecule has 0 aromatic heterocycles. The van der Waals surface area contributed by atoms with E-state index in [0.717, 1.165) is 43.6 Å². The first kappa shape index (κ1) is 23.6. The largest absolute Gasteiger partial charge is 0.493 e. The number of hydrogen-bond acceptors (Lipinski definition) is 3. The van der Waals surface area contributed by atoms with Crippen molar-refractivity contribution in [2.75, 3.05) is 39.8 Å². The van der Waals surface area contributed by atoms with Gasteiger partial charge in [0.1, 0.15) is 5.75 Å². The molecule has 2 heterocycles. The number of likely N-dealkylation sites (tertiary alicyclic amines) is 1. The first-order valence-electron chi connectivity index (χ1n) is 11.7. The van der Waals surface area contributed by atoms with Crippen LogP contribution in [0.15, 0.2) is 23.2 Å². The van der Waals surface area contributed by atoms with Gasteiger partial charge in [0.2, 0.25) is 0 Å². The average molecular weight is 527 g/mol. The molecule has 30 heavy (non-hydrogen) atoms. The second-order valence-corrected chi connectivity index (χ2v) is 9.01. The van der Waals surface area contributed by atoms with Crippen molar-refractivity contribution >= 4 is 29.9 Å². The van der Waals surface area contributed by atoms with Crippen molar-refractivity contribution in [3.8, 4) is 5.75 Å². The van der Waals surface area contributed by atoms with E-state index in [9.17, 15) is 0 Å². The Labute approximate surface area is 199 Å². The third-order valence-electron chi connectivity index (χ3n) is 6.85. The van der Waals surface area contributed by atoms with Crippen molar-refractivity contribution in [1.29, 1.82) is 0 Å². The monoisotopic (exact) mass is 526 g/mol. The third-order valence-corrected chi connectivity index (χ3v) is 6.85.